The molecule has 2 aliphatic rings. The van der Waals surface area contributed by atoms with Gasteiger partial charge in [0.25, 0.3) is 5.24 Å². The monoisotopic (exact) mass is 538 g/mol. The number of hydrogen-bond donors (Lipinski definition) is 2. The average molecular weight is 540 g/mol. The lowest BCUT2D eigenvalue weighted by molar-refractivity contribution is -0.104. The first kappa shape index (κ1) is 25.3. The number of likely N-dealkylation sites (tertiary alicyclic amines) is 1. The third kappa shape index (κ3) is 5.70. The summed E-state index contributed by atoms with van der Waals surface area (Å²) in [5.74, 6) is 0. The second-order valence-corrected chi connectivity index (χ2v) is 10.9. The van der Waals surface area contributed by atoms with Crippen LogP contribution in [0.3, 0.4) is 0 Å². The zero-order valence-corrected chi connectivity index (χ0v) is 21.4. The summed E-state index contributed by atoms with van der Waals surface area (Å²) in [5, 5.41) is 12.1. The maximum atomic E-state index is 12.0. The number of β-amino-alcohol motifs (C(OH)–C–C–N with tert-alkyl or cyclic N) is 1. The van der Waals surface area contributed by atoms with E-state index in [-0.39, 0.29) is 22.6 Å². The van der Waals surface area contributed by atoms with Crippen LogP contribution in [0.2, 0.25) is 10.0 Å². The summed E-state index contributed by atoms with van der Waals surface area (Å²) < 4.78 is 24.1. The molecule has 2 aromatic carbocycles. The predicted molar refractivity (Wildman–Crippen MR) is 138 cm³/mol. The summed E-state index contributed by atoms with van der Waals surface area (Å²) in [6.07, 6.45) is 2.16. The Morgan fingerprint density at radius 2 is 1.56 bits per heavy atom. The largest absolute Gasteiger partial charge is 0.387 e. The molecule has 2 heterocycles. The Morgan fingerprint density at radius 1 is 1.03 bits per heavy atom. The number of thiol groups is 1. The van der Waals surface area contributed by atoms with Crippen molar-refractivity contribution in [1.29, 1.82) is 0 Å². The predicted octanol–water partition coefficient (Wildman–Crippen LogP) is 4.25. The molecule has 0 saturated carbocycles. The minimum Gasteiger partial charge on any atom is -0.387 e. The van der Waals surface area contributed by atoms with Crippen molar-refractivity contribution in [2.45, 2.75) is 24.5 Å². The molecular formula is C24H24Cl2N2O4S2. The van der Waals surface area contributed by atoms with E-state index in [1.165, 1.54) is 4.90 Å². The Labute approximate surface area is 215 Å². The molecule has 34 heavy (non-hydrogen) atoms. The number of benzene rings is 2. The Bertz CT molecular complexity index is 1190. The van der Waals surface area contributed by atoms with Crippen LogP contribution in [0.15, 0.2) is 60.2 Å². The van der Waals surface area contributed by atoms with Gasteiger partial charge in [0.15, 0.2) is 0 Å². The van der Waals surface area contributed by atoms with Crippen LogP contribution in [-0.4, -0.2) is 65.2 Å². The van der Waals surface area contributed by atoms with Gasteiger partial charge in [-0.15, -0.1) is 0 Å². The number of carbonyl (C=O) groups is 1. The van der Waals surface area contributed by atoms with Gasteiger partial charge in [0, 0.05) is 42.6 Å². The highest BCUT2D eigenvalue weighted by Gasteiger charge is 2.46. The molecule has 10 heteroatoms. The second-order valence-electron chi connectivity index (χ2n) is 8.68. The molecule has 0 spiro atoms. The van der Waals surface area contributed by atoms with E-state index in [1.807, 2.05) is 48.5 Å². The minimum atomic E-state index is -2.47. The van der Waals surface area contributed by atoms with Crippen LogP contribution in [0.5, 0.6) is 0 Å². The van der Waals surface area contributed by atoms with Crippen LogP contribution < -0.4 is 0 Å². The number of halogens is 2. The fraction of sp³-hybridized carbons (Fsp3) is 0.333. The van der Waals surface area contributed by atoms with E-state index in [1.54, 1.807) is 6.08 Å². The van der Waals surface area contributed by atoms with E-state index in [4.69, 9.17) is 23.2 Å². The molecule has 6 nitrogen and oxygen atoms in total. The molecule has 1 saturated heterocycles. The standard InChI is InChI=1S/C24H24Cl2N2O4S2/c25-19-5-1-17(2-6-19)22(18-3-7-20(26)8-4-18)28-14-24(30,15-28)13-21(34(31)32)16-9-11-27(12-10-16)23(29)33/h1-9,22,30H,10-15H2,(H,29,33). The third-order valence-corrected chi connectivity index (χ3v) is 7.86. The highest BCUT2D eigenvalue weighted by Crippen LogP contribution is 2.38. The van der Waals surface area contributed by atoms with Gasteiger partial charge in [-0.3, -0.25) is 9.69 Å². The zero-order valence-electron chi connectivity index (χ0n) is 18.2. The molecular weight excluding hydrogens is 515 g/mol. The summed E-state index contributed by atoms with van der Waals surface area (Å²) in [7, 11) is -2.47. The minimum absolute atomic E-state index is 0.0220. The maximum Gasteiger partial charge on any atom is 0.278 e. The molecule has 0 atom stereocenters. The van der Waals surface area contributed by atoms with E-state index in [0.717, 1.165) is 11.1 Å². The molecule has 0 aliphatic carbocycles. The van der Waals surface area contributed by atoms with E-state index >= 15 is 0 Å². The van der Waals surface area contributed by atoms with Crippen molar-refractivity contribution in [3.8, 4) is 0 Å². The maximum absolute atomic E-state index is 12.0. The Morgan fingerprint density at radius 3 is 1.97 bits per heavy atom. The normalized spacial score (nSPS) is 17.8. The molecule has 1 fully saturated rings. The van der Waals surface area contributed by atoms with Crippen molar-refractivity contribution in [3.05, 3.63) is 81.4 Å². The lowest BCUT2D eigenvalue weighted by Crippen LogP contribution is -2.63. The molecule has 0 aromatic heterocycles. The van der Waals surface area contributed by atoms with Gasteiger partial charge < -0.3 is 10.0 Å². The van der Waals surface area contributed by atoms with Gasteiger partial charge in [-0.05, 0) is 47.4 Å². The van der Waals surface area contributed by atoms with Crippen LogP contribution in [0.25, 0.3) is 0 Å². The molecule has 180 valence electrons. The first-order valence-corrected chi connectivity index (χ1v) is 13.0. The smallest absolute Gasteiger partial charge is 0.278 e. The van der Waals surface area contributed by atoms with Crippen molar-refractivity contribution >= 4 is 56.2 Å². The molecule has 0 bridgehead atoms. The van der Waals surface area contributed by atoms with Gasteiger partial charge in [-0.2, -0.15) is 8.42 Å². The summed E-state index contributed by atoms with van der Waals surface area (Å²) in [6, 6.07) is 15.0. The van der Waals surface area contributed by atoms with Crippen molar-refractivity contribution in [1.82, 2.24) is 9.80 Å². The number of carbonyl (C=O) groups excluding carboxylic acids is 1. The van der Waals surface area contributed by atoms with Crippen LogP contribution in [0.1, 0.15) is 30.0 Å². The first-order valence-electron chi connectivity index (χ1n) is 10.7. The fourth-order valence-electron chi connectivity index (χ4n) is 4.58. The van der Waals surface area contributed by atoms with Gasteiger partial charge in [-0.1, -0.05) is 66.2 Å². The first-order chi connectivity index (χ1) is 16.1. The van der Waals surface area contributed by atoms with Gasteiger partial charge in [0.1, 0.15) is 0 Å². The number of nitrogens with zero attached hydrogens (tertiary/aromatic N) is 2. The van der Waals surface area contributed by atoms with E-state index in [9.17, 15) is 18.3 Å². The van der Waals surface area contributed by atoms with Gasteiger partial charge in [-0.25, -0.2) is 0 Å². The fourth-order valence-corrected chi connectivity index (χ4v) is 5.80. The molecule has 2 aliphatic heterocycles. The topological polar surface area (TPSA) is 77.9 Å². The number of hydrogen-bond acceptors (Lipinski definition) is 5. The van der Waals surface area contributed by atoms with Crippen molar-refractivity contribution < 1.29 is 18.3 Å². The quantitative estimate of drug-likeness (QED) is 0.424. The summed E-state index contributed by atoms with van der Waals surface area (Å²) >= 11 is 16.0. The lowest BCUT2D eigenvalue weighted by Gasteiger charge is -2.50. The Kier molecular flexibility index (Phi) is 7.76. The molecule has 1 N–H and O–H groups in total. The number of rotatable bonds is 6. The molecule has 0 radical (unpaired) electrons. The molecule has 1 amide bonds. The van der Waals surface area contributed by atoms with E-state index in [0.29, 0.717) is 48.2 Å². The molecule has 0 unspecified atom stereocenters. The highest BCUT2D eigenvalue weighted by molar-refractivity contribution is 7.96. The lowest BCUT2D eigenvalue weighted by atomic mass is 9.83. The van der Waals surface area contributed by atoms with Crippen molar-refractivity contribution in [2.24, 2.45) is 0 Å². The summed E-state index contributed by atoms with van der Waals surface area (Å²) in [6.45, 7) is 1.31. The summed E-state index contributed by atoms with van der Waals surface area (Å²) in [5.41, 5.74) is 1.50. The molecule has 2 aromatic rings. The van der Waals surface area contributed by atoms with Crippen molar-refractivity contribution in [2.75, 3.05) is 26.2 Å². The Hall–Kier alpha value is -1.81. The number of amides is 1. The van der Waals surface area contributed by atoms with E-state index < -0.39 is 15.9 Å². The van der Waals surface area contributed by atoms with Gasteiger partial charge in [0.2, 0.25) is 10.3 Å². The molecule has 4 rings (SSSR count). The number of aliphatic hydroxyl groups is 1. The zero-order chi connectivity index (χ0) is 24.5. The van der Waals surface area contributed by atoms with Gasteiger partial charge in [0.05, 0.1) is 16.5 Å². The second kappa shape index (κ2) is 10.4. The summed E-state index contributed by atoms with van der Waals surface area (Å²) in [4.78, 5) is 15.3. The van der Waals surface area contributed by atoms with Crippen molar-refractivity contribution in [3.63, 3.8) is 0 Å². The highest BCUT2D eigenvalue weighted by atomic mass is 35.5. The van der Waals surface area contributed by atoms with Gasteiger partial charge >= 0.3 is 0 Å². The van der Waals surface area contributed by atoms with Crippen LogP contribution >= 0.6 is 35.8 Å². The Balaban J connectivity index is 1.53. The van der Waals surface area contributed by atoms with Crippen LogP contribution in [0, 0.1) is 0 Å². The third-order valence-electron chi connectivity index (χ3n) is 6.26. The van der Waals surface area contributed by atoms with Crippen LogP contribution in [-0.2, 0) is 10.3 Å². The van der Waals surface area contributed by atoms with E-state index in [2.05, 4.69) is 17.5 Å². The SMILES string of the molecule is O=C(S)N1CC=C(C(CC2(O)CN(C(c3ccc(Cl)cc3)c3ccc(Cl)cc3)C2)=S(=O)=O)CC1. The average Bonchev–Trinajstić information content (AvgIpc) is 2.79. The van der Waals surface area contributed by atoms with Crippen LogP contribution in [0.4, 0.5) is 4.79 Å².